The van der Waals surface area contributed by atoms with E-state index in [4.69, 9.17) is 50.6 Å². The van der Waals surface area contributed by atoms with Gasteiger partial charge in [0.05, 0.1) is 16.4 Å². The monoisotopic (exact) mass is 504 g/mol. The summed E-state index contributed by atoms with van der Waals surface area (Å²) in [6, 6.07) is 13.4. The standard InChI is InChI=1S/C19H12Cl4N2O4S/c20-11-1-5-14(6-2-11)30(27,28)29-18-8-4-13(22)10-17(18)25-19(26)24-16-9-12(21)3-7-15(16)23/h1-10H,(H2,24,25,26). The Labute approximate surface area is 192 Å². The summed E-state index contributed by atoms with van der Waals surface area (Å²) in [6.07, 6.45) is 0. The second-order valence-corrected chi connectivity index (χ2v) is 9.10. The van der Waals surface area contributed by atoms with E-state index in [1.807, 2.05) is 0 Å². The molecule has 3 aromatic carbocycles. The van der Waals surface area contributed by atoms with Gasteiger partial charge in [-0.25, -0.2) is 4.79 Å². The first-order valence-corrected chi connectivity index (χ1v) is 11.1. The SMILES string of the molecule is O=C(Nc1cc(Cl)ccc1Cl)Nc1cc(Cl)ccc1OS(=O)(=O)c1ccc(Cl)cc1. The van der Waals surface area contributed by atoms with E-state index in [0.29, 0.717) is 10.0 Å². The number of carbonyl (C=O) groups is 1. The number of hydrogen-bond acceptors (Lipinski definition) is 4. The number of hydrogen-bond donors (Lipinski definition) is 2. The van der Waals surface area contributed by atoms with Crippen LogP contribution in [0.2, 0.25) is 20.1 Å². The molecule has 0 atom stereocenters. The van der Waals surface area contributed by atoms with Crippen LogP contribution in [0.25, 0.3) is 0 Å². The lowest BCUT2D eigenvalue weighted by atomic mass is 10.3. The molecule has 0 aliphatic carbocycles. The minimum absolute atomic E-state index is 0.0238. The van der Waals surface area contributed by atoms with Crippen LogP contribution >= 0.6 is 46.4 Å². The molecule has 3 rings (SSSR count). The Balaban J connectivity index is 1.84. The summed E-state index contributed by atoms with van der Waals surface area (Å²) in [6.45, 7) is 0. The van der Waals surface area contributed by atoms with Gasteiger partial charge in [0.15, 0.2) is 5.75 Å². The van der Waals surface area contributed by atoms with Gasteiger partial charge in [0.2, 0.25) is 0 Å². The third-order valence-corrected chi connectivity index (χ3v) is 5.97. The van der Waals surface area contributed by atoms with Crippen molar-refractivity contribution in [3.63, 3.8) is 0 Å². The Kier molecular flexibility index (Phi) is 7.00. The third kappa shape index (κ3) is 5.71. The second kappa shape index (κ2) is 9.32. The number of urea groups is 1. The molecule has 30 heavy (non-hydrogen) atoms. The molecule has 0 aliphatic heterocycles. The van der Waals surface area contributed by atoms with Gasteiger partial charge in [-0.1, -0.05) is 46.4 Å². The second-order valence-electron chi connectivity index (χ2n) is 5.84. The average Bonchev–Trinajstić information content (AvgIpc) is 2.67. The van der Waals surface area contributed by atoms with E-state index >= 15 is 0 Å². The molecule has 2 amide bonds. The Morgan fingerprint density at radius 2 is 1.27 bits per heavy atom. The molecule has 0 aliphatic rings. The molecule has 0 saturated carbocycles. The van der Waals surface area contributed by atoms with Crippen LogP contribution in [0.1, 0.15) is 0 Å². The highest BCUT2D eigenvalue weighted by Gasteiger charge is 2.20. The fourth-order valence-corrected chi connectivity index (χ4v) is 3.89. The van der Waals surface area contributed by atoms with E-state index in [1.165, 1.54) is 54.6 Å². The van der Waals surface area contributed by atoms with Crippen molar-refractivity contribution in [2.75, 3.05) is 10.6 Å². The Morgan fingerprint density at radius 1 is 0.733 bits per heavy atom. The number of benzene rings is 3. The van der Waals surface area contributed by atoms with Crippen LogP contribution < -0.4 is 14.8 Å². The highest BCUT2D eigenvalue weighted by molar-refractivity contribution is 7.87. The highest BCUT2D eigenvalue weighted by atomic mass is 35.5. The van der Waals surface area contributed by atoms with E-state index < -0.39 is 16.1 Å². The van der Waals surface area contributed by atoms with Crippen molar-refractivity contribution in [2.24, 2.45) is 0 Å². The number of nitrogens with one attached hydrogen (secondary N) is 2. The lowest BCUT2D eigenvalue weighted by Gasteiger charge is -2.14. The Bertz CT molecular complexity index is 1200. The normalized spacial score (nSPS) is 11.1. The van der Waals surface area contributed by atoms with Gasteiger partial charge >= 0.3 is 16.1 Å². The van der Waals surface area contributed by atoms with Crippen LogP contribution in [0.15, 0.2) is 65.6 Å². The topological polar surface area (TPSA) is 84.5 Å². The van der Waals surface area contributed by atoms with Crippen LogP contribution in [0.4, 0.5) is 16.2 Å². The first-order chi connectivity index (χ1) is 14.1. The molecule has 11 heteroatoms. The van der Waals surface area contributed by atoms with Crippen molar-refractivity contribution in [3.05, 3.63) is 80.8 Å². The summed E-state index contributed by atoms with van der Waals surface area (Å²) in [7, 11) is -4.18. The first-order valence-electron chi connectivity index (χ1n) is 8.17. The fourth-order valence-electron chi connectivity index (χ4n) is 2.31. The average molecular weight is 506 g/mol. The smallest absolute Gasteiger partial charge is 0.339 e. The number of rotatable bonds is 5. The van der Waals surface area contributed by atoms with Gasteiger partial charge in [-0.3, -0.25) is 0 Å². The van der Waals surface area contributed by atoms with Gasteiger partial charge in [0, 0.05) is 15.1 Å². The summed E-state index contributed by atoms with van der Waals surface area (Å²) in [5, 5.41) is 6.26. The number of carbonyl (C=O) groups excluding carboxylic acids is 1. The number of anilines is 2. The Morgan fingerprint density at radius 3 is 1.93 bits per heavy atom. The summed E-state index contributed by atoms with van der Waals surface area (Å²) < 4.78 is 30.3. The van der Waals surface area contributed by atoms with Crippen molar-refractivity contribution in [1.29, 1.82) is 0 Å². The summed E-state index contributed by atoms with van der Waals surface area (Å²) in [5.41, 5.74) is 0.288. The van der Waals surface area contributed by atoms with Gasteiger partial charge in [0.1, 0.15) is 4.90 Å². The van der Waals surface area contributed by atoms with E-state index in [2.05, 4.69) is 10.6 Å². The molecule has 0 unspecified atom stereocenters. The third-order valence-electron chi connectivity index (χ3n) is 3.67. The molecule has 0 saturated heterocycles. The summed E-state index contributed by atoms with van der Waals surface area (Å²) >= 11 is 23.7. The van der Waals surface area contributed by atoms with Gasteiger partial charge < -0.3 is 14.8 Å². The molecule has 0 fully saturated rings. The zero-order valence-corrected chi connectivity index (χ0v) is 18.7. The largest absolute Gasteiger partial charge is 0.377 e. The van der Waals surface area contributed by atoms with Gasteiger partial charge in [-0.15, -0.1) is 0 Å². The van der Waals surface area contributed by atoms with E-state index in [9.17, 15) is 13.2 Å². The number of halogens is 4. The minimum atomic E-state index is -4.18. The fraction of sp³-hybridized carbons (Fsp3) is 0. The van der Waals surface area contributed by atoms with Crippen molar-refractivity contribution < 1.29 is 17.4 Å². The van der Waals surface area contributed by atoms with E-state index in [1.54, 1.807) is 6.07 Å². The summed E-state index contributed by atoms with van der Waals surface area (Å²) in [5.74, 6) is -0.137. The maximum atomic E-state index is 12.6. The molecule has 0 heterocycles. The predicted octanol–water partition coefficient (Wildman–Crippen LogP) is 6.71. The molecule has 3 aromatic rings. The van der Waals surface area contributed by atoms with Crippen molar-refractivity contribution >= 4 is 73.9 Å². The summed E-state index contributed by atoms with van der Waals surface area (Å²) in [4.78, 5) is 12.3. The van der Waals surface area contributed by atoms with Gasteiger partial charge in [0.25, 0.3) is 0 Å². The van der Waals surface area contributed by atoms with Crippen LogP contribution in [0.5, 0.6) is 5.75 Å². The molecule has 0 spiro atoms. The van der Waals surface area contributed by atoms with Gasteiger partial charge in [-0.05, 0) is 60.7 Å². The quantitative estimate of drug-likeness (QED) is 0.377. The maximum Gasteiger partial charge on any atom is 0.339 e. The molecular weight excluding hydrogens is 494 g/mol. The van der Waals surface area contributed by atoms with E-state index in [0.717, 1.165) is 0 Å². The van der Waals surface area contributed by atoms with Crippen molar-refractivity contribution in [1.82, 2.24) is 0 Å². The Hall–Kier alpha value is -2.16. The molecule has 0 aromatic heterocycles. The first kappa shape index (κ1) is 22.5. The maximum absolute atomic E-state index is 12.6. The van der Waals surface area contributed by atoms with Crippen LogP contribution in [-0.2, 0) is 10.1 Å². The lowest BCUT2D eigenvalue weighted by molar-refractivity contribution is 0.262. The highest BCUT2D eigenvalue weighted by Crippen LogP contribution is 2.32. The lowest BCUT2D eigenvalue weighted by Crippen LogP contribution is -2.20. The van der Waals surface area contributed by atoms with Crippen LogP contribution in [0, 0.1) is 0 Å². The van der Waals surface area contributed by atoms with Gasteiger partial charge in [-0.2, -0.15) is 8.42 Å². The van der Waals surface area contributed by atoms with Crippen LogP contribution in [0.3, 0.4) is 0 Å². The molecule has 0 radical (unpaired) electrons. The predicted molar refractivity (Wildman–Crippen MR) is 120 cm³/mol. The zero-order valence-electron chi connectivity index (χ0n) is 14.8. The van der Waals surface area contributed by atoms with E-state index in [-0.39, 0.29) is 32.1 Å². The van der Waals surface area contributed by atoms with Crippen molar-refractivity contribution in [2.45, 2.75) is 4.90 Å². The molecule has 156 valence electrons. The molecule has 0 bridgehead atoms. The minimum Gasteiger partial charge on any atom is -0.377 e. The molecular formula is C19H12Cl4N2O4S. The van der Waals surface area contributed by atoms with Crippen molar-refractivity contribution in [3.8, 4) is 5.75 Å². The number of amides is 2. The molecule has 6 nitrogen and oxygen atoms in total. The zero-order chi connectivity index (χ0) is 21.9. The molecule has 2 N–H and O–H groups in total. The van der Waals surface area contributed by atoms with Crippen LogP contribution in [-0.4, -0.2) is 14.4 Å².